The first-order chi connectivity index (χ1) is 6.99. The van der Waals surface area contributed by atoms with E-state index in [2.05, 4.69) is 26.1 Å². The van der Waals surface area contributed by atoms with Crippen LogP contribution in [0.4, 0.5) is 0 Å². The van der Waals surface area contributed by atoms with Crippen molar-refractivity contribution >= 4 is 0 Å². The molecule has 1 atom stereocenters. The maximum atomic E-state index is 9.24. The van der Waals surface area contributed by atoms with Crippen molar-refractivity contribution in [1.82, 2.24) is 5.32 Å². The number of hydrogen-bond donors (Lipinski definition) is 2. The maximum absolute atomic E-state index is 9.24. The van der Waals surface area contributed by atoms with Crippen LogP contribution in [0.15, 0.2) is 0 Å². The van der Waals surface area contributed by atoms with Crippen LogP contribution in [-0.4, -0.2) is 24.8 Å². The van der Waals surface area contributed by atoms with Gasteiger partial charge in [-0.1, -0.05) is 20.8 Å². The van der Waals surface area contributed by atoms with E-state index in [1.165, 1.54) is 25.7 Å². The fourth-order valence-corrected chi connectivity index (χ4v) is 2.86. The normalized spacial score (nSPS) is 30.2. The van der Waals surface area contributed by atoms with Gasteiger partial charge in [-0.3, -0.25) is 0 Å². The first kappa shape index (κ1) is 13.0. The van der Waals surface area contributed by atoms with Crippen LogP contribution in [0.1, 0.15) is 46.5 Å². The Hall–Kier alpha value is -0.0800. The van der Waals surface area contributed by atoms with Crippen LogP contribution in [0, 0.1) is 17.3 Å². The Labute approximate surface area is 94.5 Å². The zero-order valence-corrected chi connectivity index (χ0v) is 10.7. The van der Waals surface area contributed by atoms with Crippen molar-refractivity contribution < 1.29 is 5.11 Å². The molecule has 1 rings (SSSR count). The Morgan fingerprint density at radius 1 is 1.20 bits per heavy atom. The summed E-state index contributed by atoms with van der Waals surface area (Å²) in [5.74, 6) is 1.54. The Morgan fingerprint density at radius 3 is 2.07 bits per heavy atom. The zero-order chi connectivity index (χ0) is 11.5. The Morgan fingerprint density at radius 2 is 1.73 bits per heavy atom. The Bertz CT molecular complexity index is 173. The lowest BCUT2D eigenvalue weighted by molar-refractivity contribution is 0.113. The van der Waals surface area contributed by atoms with E-state index in [1.807, 2.05) is 7.05 Å². The molecular weight excluding hydrogens is 186 g/mol. The van der Waals surface area contributed by atoms with Crippen LogP contribution < -0.4 is 5.32 Å². The molecule has 2 nitrogen and oxygen atoms in total. The predicted octanol–water partition coefficient (Wildman–Crippen LogP) is 2.42. The third-order valence-electron chi connectivity index (χ3n) is 4.13. The van der Waals surface area contributed by atoms with Gasteiger partial charge in [0.15, 0.2) is 0 Å². The van der Waals surface area contributed by atoms with Crippen LogP contribution in [-0.2, 0) is 0 Å². The zero-order valence-electron chi connectivity index (χ0n) is 10.7. The van der Waals surface area contributed by atoms with Crippen molar-refractivity contribution in [2.45, 2.75) is 52.5 Å². The van der Waals surface area contributed by atoms with Crippen molar-refractivity contribution in [3.8, 4) is 0 Å². The highest BCUT2D eigenvalue weighted by Crippen LogP contribution is 2.40. The highest BCUT2D eigenvalue weighted by atomic mass is 16.3. The molecule has 0 bridgehead atoms. The largest absolute Gasteiger partial charge is 0.395 e. The molecule has 15 heavy (non-hydrogen) atoms. The highest BCUT2D eigenvalue weighted by molar-refractivity contribution is 4.84. The molecule has 0 amide bonds. The minimum absolute atomic E-state index is 0.279. The van der Waals surface area contributed by atoms with Gasteiger partial charge in [0.05, 0.1) is 6.61 Å². The molecule has 0 radical (unpaired) electrons. The average Bonchev–Trinajstić information content (AvgIpc) is 2.19. The molecule has 1 aliphatic carbocycles. The van der Waals surface area contributed by atoms with Crippen molar-refractivity contribution in [3.05, 3.63) is 0 Å². The van der Waals surface area contributed by atoms with E-state index >= 15 is 0 Å². The SMILES string of the molecule is CNC(CO)C1CCC(C(C)(C)C)CC1. The second-order valence-corrected chi connectivity index (χ2v) is 6.06. The van der Waals surface area contributed by atoms with E-state index in [9.17, 15) is 5.11 Å². The summed E-state index contributed by atoms with van der Waals surface area (Å²) in [5.41, 5.74) is 0.458. The molecule has 0 aliphatic heterocycles. The van der Waals surface area contributed by atoms with Gasteiger partial charge in [0.25, 0.3) is 0 Å². The molecule has 0 spiro atoms. The third-order valence-corrected chi connectivity index (χ3v) is 4.13. The van der Waals surface area contributed by atoms with Crippen LogP contribution >= 0.6 is 0 Å². The first-order valence-electron chi connectivity index (χ1n) is 6.27. The van der Waals surface area contributed by atoms with E-state index in [-0.39, 0.29) is 6.61 Å². The molecule has 90 valence electrons. The second kappa shape index (κ2) is 5.31. The van der Waals surface area contributed by atoms with Gasteiger partial charge in [-0.25, -0.2) is 0 Å². The Kier molecular flexibility index (Phi) is 4.60. The van der Waals surface area contributed by atoms with Crippen LogP contribution in [0.5, 0.6) is 0 Å². The minimum Gasteiger partial charge on any atom is -0.395 e. The third kappa shape index (κ3) is 3.46. The average molecular weight is 213 g/mol. The number of aliphatic hydroxyl groups is 1. The summed E-state index contributed by atoms with van der Waals surface area (Å²) in [6.07, 6.45) is 5.20. The van der Waals surface area contributed by atoms with Crippen LogP contribution in [0.25, 0.3) is 0 Å². The van der Waals surface area contributed by atoms with Crippen LogP contribution in [0.3, 0.4) is 0 Å². The van der Waals surface area contributed by atoms with Gasteiger partial charge in [0.1, 0.15) is 0 Å². The quantitative estimate of drug-likeness (QED) is 0.754. The van der Waals surface area contributed by atoms with Gasteiger partial charge in [0.2, 0.25) is 0 Å². The lowest BCUT2D eigenvalue weighted by Gasteiger charge is -2.39. The van der Waals surface area contributed by atoms with Crippen molar-refractivity contribution in [2.24, 2.45) is 17.3 Å². The predicted molar refractivity (Wildman–Crippen MR) is 64.8 cm³/mol. The first-order valence-corrected chi connectivity index (χ1v) is 6.27. The molecule has 1 unspecified atom stereocenters. The number of aliphatic hydroxyl groups excluding tert-OH is 1. The molecule has 2 N–H and O–H groups in total. The molecular formula is C13H27NO. The summed E-state index contributed by atoms with van der Waals surface area (Å²) in [7, 11) is 1.96. The van der Waals surface area contributed by atoms with Crippen molar-refractivity contribution in [2.75, 3.05) is 13.7 Å². The molecule has 0 saturated heterocycles. The number of rotatable bonds is 3. The summed E-state index contributed by atoms with van der Waals surface area (Å²) in [4.78, 5) is 0. The summed E-state index contributed by atoms with van der Waals surface area (Å²) >= 11 is 0. The topological polar surface area (TPSA) is 32.3 Å². The van der Waals surface area contributed by atoms with Gasteiger partial charge in [0, 0.05) is 6.04 Å². The molecule has 1 saturated carbocycles. The van der Waals surface area contributed by atoms with Gasteiger partial charge in [-0.15, -0.1) is 0 Å². The molecule has 0 heterocycles. The fourth-order valence-electron chi connectivity index (χ4n) is 2.86. The summed E-state index contributed by atoms with van der Waals surface area (Å²) < 4.78 is 0. The van der Waals surface area contributed by atoms with E-state index in [4.69, 9.17) is 0 Å². The maximum Gasteiger partial charge on any atom is 0.0587 e. The summed E-state index contributed by atoms with van der Waals surface area (Å²) in [6, 6.07) is 0.311. The van der Waals surface area contributed by atoms with E-state index in [0.717, 1.165) is 5.92 Å². The van der Waals surface area contributed by atoms with Gasteiger partial charge in [-0.05, 0) is 50.0 Å². The van der Waals surface area contributed by atoms with Crippen molar-refractivity contribution in [3.63, 3.8) is 0 Å². The number of nitrogens with one attached hydrogen (secondary N) is 1. The number of likely N-dealkylation sites (N-methyl/N-ethyl adjacent to an activating group) is 1. The van der Waals surface area contributed by atoms with Gasteiger partial charge < -0.3 is 10.4 Å². The van der Waals surface area contributed by atoms with E-state index in [1.54, 1.807) is 0 Å². The minimum atomic E-state index is 0.279. The second-order valence-electron chi connectivity index (χ2n) is 6.06. The monoisotopic (exact) mass is 213 g/mol. The molecule has 1 fully saturated rings. The van der Waals surface area contributed by atoms with E-state index in [0.29, 0.717) is 17.4 Å². The smallest absolute Gasteiger partial charge is 0.0587 e. The highest BCUT2D eigenvalue weighted by Gasteiger charge is 2.32. The fraction of sp³-hybridized carbons (Fsp3) is 1.00. The van der Waals surface area contributed by atoms with E-state index < -0.39 is 0 Å². The summed E-state index contributed by atoms with van der Waals surface area (Å²) in [5, 5.41) is 12.5. The van der Waals surface area contributed by atoms with Gasteiger partial charge in [-0.2, -0.15) is 0 Å². The lowest BCUT2D eigenvalue weighted by atomic mass is 9.68. The van der Waals surface area contributed by atoms with Crippen molar-refractivity contribution in [1.29, 1.82) is 0 Å². The molecule has 2 heteroatoms. The van der Waals surface area contributed by atoms with Gasteiger partial charge >= 0.3 is 0 Å². The lowest BCUT2D eigenvalue weighted by Crippen LogP contribution is -2.40. The number of hydrogen-bond acceptors (Lipinski definition) is 2. The molecule has 0 aromatic carbocycles. The summed E-state index contributed by atoms with van der Waals surface area (Å²) in [6.45, 7) is 7.32. The Balaban J connectivity index is 2.42. The molecule has 0 aromatic heterocycles. The van der Waals surface area contributed by atoms with Crippen LogP contribution in [0.2, 0.25) is 0 Å². The molecule has 1 aliphatic rings. The standard InChI is InChI=1S/C13H27NO/c1-13(2,3)11-7-5-10(6-8-11)12(9-15)14-4/h10-12,14-15H,5-9H2,1-4H3. The molecule has 0 aromatic rings.